The maximum Gasteiger partial charge on any atom is 0.234 e. The molecule has 1 heterocycles. The summed E-state index contributed by atoms with van der Waals surface area (Å²) in [6.45, 7) is 2.00. The molecule has 0 spiro atoms. The second-order valence-electron chi connectivity index (χ2n) is 7.46. The molecule has 1 aromatic heterocycles. The first-order chi connectivity index (χ1) is 13.9. The van der Waals surface area contributed by atoms with Gasteiger partial charge >= 0.3 is 0 Å². The van der Waals surface area contributed by atoms with E-state index >= 15 is 0 Å². The number of aromatic nitrogens is 1. The predicted molar refractivity (Wildman–Crippen MR) is 117 cm³/mol. The van der Waals surface area contributed by atoms with Crippen molar-refractivity contribution in [3.8, 4) is 11.5 Å². The van der Waals surface area contributed by atoms with Gasteiger partial charge in [-0.2, -0.15) is 4.98 Å². The molecule has 0 atom stereocenters. The van der Waals surface area contributed by atoms with Crippen LogP contribution in [0.3, 0.4) is 0 Å². The Balaban J connectivity index is 1.77. The summed E-state index contributed by atoms with van der Waals surface area (Å²) in [4.78, 5) is 4.61. The minimum atomic E-state index is -3.82. The number of halogens is 1. The first kappa shape index (κ1) is 20.2. The molecule has 0 aliphatic heterocycles. The lowest BCUT2D eigenvalue weighted by Crippen LogP contribution is -2.23. The SMILES string of the molecule is Cc1ccc(-c2nc(S(=O)(=O)c3ccc(Br)cc3)c(NC3CCCCC3)o2)cc1. The second-order valence-corrected chi connectivity index (χ2v) is 10.2. The van der Waals surface area contributed by atoms with Crippen molar-refractivity contribution in [1.29, 1.82) is 0 Å². The first-order valence-corrected chi connectivity index (χ1v) is 12.1. The molecule has 0 unspecified atom stereocenters. The van der Waals surface area contributed by atoms with Crippen molar-refractivity contribution < 1.29 is 12.8 Å². The number of sulfone groups is 1. The average molecular weight is 475 g/mol. The molecule has 1 fully saturated rings. The third-order valence-corrected chi connectivity index (χ3v) is 7.42. The van der Waals surface area contributed by atoms with E-state index in [1.165, 1.54) is 6.42 Å². The molecule has 152 valence electrons. The van der Waals surface area contributed by atoms with Crippen molar-refractivity contribution in [2.24, 2.45) is 0 Å². The monoisotopic (exact) mass is 474 g/mol. The zero-order valence-electron chi connectivity index (χ0n) is 16.2. The number of oxazole rings is 1. The van der Waals surface area contributed by atoms with Crippen LogP contribution in [0, 0.1) is 6.92 Å². The van der Waals surface area contributed by atoms with Crippen LogP contribution in [0.25, 0.3) is 11.5 Å². The Morgan fingerprint density at radius 2 is 1.66 bits per heavy atom. The zero-order chi connectivity index (χ0) is 20.4. The van der Waals surface area contributed by atoms with Gasteiger partial charge in [-0.3, -0.25) is 0 Å². The Morgan fingerprint density at radius 3 is 2.31 bits per heavy atom. The fourth-order valence-electron chi connectivity index (χ4n) is 3.56. The van der Waals surface area contributed by atoms with E-state index in [1.807, 2.05) is 31.2 Å². The largest absolute Gasteiger partial charge is 0.419 e. The number of aryl methyl sites for hydroxylation is 1. The molecule has 1 aliphatic carbocycles. The smallest absolute Gasteiger partial charge is 0.234 e. The average Bonchev–Trinajstić information content (AvgIpc) is 3.14. The first-order valence-electron chi connectivity index (χ1n) is 9.78. The van der Waals surface area contributed by atoms with E-state index in [4.69, 9.17) is 4.42 Å². The van der Waals surface area contributed by atoms with Crippen LogP contribution < -0.4 is 5.32 Å². The molecule has 5 nitrogen and oxygen atoms in total. The molecule has 29 heavy (non-hydrogen) atoms. The number of hydrogen-bond acceptors (Lipinski definition) is 5. The standard InChI is InChI=1S/C22H23BrN2O3S/c1-15-7-9-16(10-8-15)20-25-22(21(28-20)24-18-5-3-2-4-6-18)29(26,27)19-13-11-17(23)12-14-19/h7-14,18,24H,2-6H2,1H3. The molecule has 0 amide bonds. The lowest BCUT2D eigenvalue weighted by molar-refractivity contribution is 0.450. The van der Waals surface area contributed by atoms with E-state index in [1.54, 1.807) is 24.3 Å². The molecular formula is C22H23BrN2O3S. The number of rotatable bonds is 5. The molecule has 0 radical (unpaired) electrons. The van der Waals surface area contributed by atoms with Crippen LogP contribution in [0.15, 0.2) is 67.3 Å². The highest BCUT2D eigenvalue weighted by Gasteiger charge is 2.30. The molecule has 2 aromatic carbocycles. The van der Waals surface area contributed by atoms with Gasteiger partial charge in [-0.25, -0.2) is 8.42 Å². The molecular weight excluding hydrogens is 452 g/mol. The molecule has 4 rings (SSSR count). The van der Waals surface area contributed by atoms with E-state index in [-0.39, 0.29) is 21.8 Å². The number of nitrogens with zero attached hydrogens (tertiary/aromatic N) is 1. The van der Waals surface area contributed by atoms with Crippen molar-refractivity contribution in [2.45, 2.75) is 55.0 Å². The number of benzene rings is 2. The van der Waals surface area contributed by atoms with Crippen LogP contribution in [0.5, 0.6) is 0 Å². The van der Waals surface area contributed by atoms with E-state index < -0.39 is 9.84 Å². The summed E-state index contributed by atoms with van der Waals surface area (Å²) in [5, 5.41) is 3.27. The van der Waals surface area contributed by atoms with E-state index in [2.05, 4.69) is 26.2 Å². The predicted octanol–water partition coefficient (Wildman–Crippen LogP) is 5.99. The quantitative estimate of drug-likeness (QED) is 0.491. The van der Waals surface area contributed by atoms with Gasteiger partial charge in [0.2, 0.25) is 26.6 Å². The number of hydrogen-bond donors (Lipinski definition) is 1. The van der Waals surface area contributed by atoms with Gasteiger partial charge in [-0.05, 0) is 56.2 Å². The molecule has 3 aromatic rings. The summed E-state index contributed by atoms with van der Waals surface area (Å²) in [7, 11) is -3.82. The minimum absolute atomic E-state index is 0.0547. The van der Waals surface area contributed by atoms with Crippen LogP contribution >= 0.6 is 15.9 Å². The van der Waals surface area contributed by atoms with Crippen molar-refractivity contribution in [2.75, 3.05) is 5.32 Å². The summed E-state index contributed by atoms with van der Waals surface area (Å²) in [6.07, 6.45) is 5.47. The lowest BCUT2D eigenvalue weighted by atomic mass is 9.96. The van der Waals surface area contributed by atoms with Gasteiger partial charge in [0.05, 0.1) is 4.90 Å². The molecule has 1 saturated carbocycles. The van der Waals surface area contributed by atoms with Crippen LogP contribution in [0.4, 0.5) is 5.88 Å². The normalized spacial score (nSPS) is 15.4. The zero-order valence-corrected chi connectivity index (χ0v) is 18.6. The Bertz CT molecular complexity index is 1080. The summed E-state index contributed by atoms with van der Waals surface area (Å²) in [5.41, 5.74) is 1.86. The summed E-state index contributed by atoms with van der Waals surface area (Å²) >= 11 is 3.35. The van der Waals surface area contributed by atoms with Gasteiger partial charge in [-0.1, -0.05) is 52.9 Å². The van der Waals surface area contributed by atoms with Crippen LogP contribution in [0.1, 0.15) is 37.7 Å². The third-order valence-electron chi connectivity index (χ3n) is 5.21. The fraction of sp³-hybridized carbons (Fsp3) is 0.318. The highest BCUT2D eigenvalue weighted by Crippen LogP contribution is 2.34. The van der Waals surface area contributed by atoms with E-state index in [9.17, 15) is 8.42 Å². The van der Waals surface area contributed by atoms with E-state index in [0.29, 0.717) is 5.89 Å². The third kappa shape index (κ3) is 4.41. The van der Waals surface area contributed by atoms with Gasteiger partial charge in [0.1, 0.15) is 0 Å². The minimum Gasteiger partial charge on any atom is -0.419 e. The fourth-order valence-corrected chi connectivity index (χ4v) is 5.09. The van der Waals surface area contributed by atoms with Crippen molar-refractivity contribution in [3.05, 3.63) is 58.6 Å². The number of nitrogens with one attached hydrogen (secondary N) is 1. The highest BCUT2D eigenvalue weighted by molar-refractivity contribution is 9.10. The van der Waals surface area contributed by atoms with Crippen LogP contribution in [-0.4, -0.2) is 19.4 Å². The Labute approximate surface area is 179 Å². The lowest BCUT2D eigenvalue weighted by Gasteiger charge is -2.22. The summed E-state index contributed by atoms with van der Waals surface area (Å²) < 4.78 is 33.4. The number of anilines is 1. The molecule has 1 N–H and O–H groups in total. The molecule has 7 heteroatoms. The van der Waals surface area contributed by atoms with Crippen LogP contribution in [0.2, 0.25) is 0 Å². The van der Waals surface area contributed by atoms with Gasteiger partial charge in [0, 0.05) is 16.1 Å². The van der Waals surface area contributed by atoms with Gasteiger partial charge in [-0.15, -0.1) is 0 Å². The topological polar surface area (TPSA) is 72.2 Å². The highest BCUT2D eigenvalue weighted by atomic mass is 79.9. The van der Waals surface area contributed by atoms with Crippen molar-refractivity contribution in [1.82, 2.24) is 4.98 Å². The Morgan fingerprint density at radius 1 is 1.00 bits per heavy atom. The second kappa shape index (κ2) is 8.32. The summed E-state index contributed by atoms with van der Waals surface area (Å²) in [6, 6.07) is 14.5. The van der Waals surface area contributed by atoms with Crippen molar-refractivity contribution in [3.63, 3.8) is 0 Å². The maximum absolute atomic E-state index is 13.3. The Kier molecular flexibility index (Phi) is 5.79. The van der Waals surface area contributed by atoms with Gasteiger partial charge in [0.25, 0.3) is 0 Å². The van der Waals surface area contributed by atoms with Gasteiger partial charge < -0.3 is 9.73 Å². The summed E-state index contributed by atoms with van der Waals surface area (Å²) in [5.74, 6) is 0.536. The molecule has 0 saturated heterocycles. The van der Waals surface area contributed by atoms with Crippen LogP contribution in [-0.2, 0) is 9.84 Å². The molecule has 0 bridgehead atoms. The van der Waals surface area contributed by atoms with Gasteiger partial charge in [0.15, 0.2) is 0 Å². The molecule has 1 aliphatic rings. The van der Waals surface area contributed by atoms with Crippen molar-refractivity contribution >= 4 is 31.7 Å². The Hall–Kier alpha value is -2.12. The van der Waals surface area contributed by atoms with E-state index in [0.717, 1.165) is 41.3 Å². The maximum atomic E-state index is 13.3.